The molecule has 1 atom stereocenters. The Hall–Kier alpha value is -1.64. The van der Waals surface area contributed by atoms with Gasteiger partial charge < -0.3 is 5.32 Å². The van der Waals surface area contributed by atoms with Crippen LogP contribution in [0.5, 0.6) is 0 Å². The second-order valence-electron chi connectivity index (χ2n) is 4.90. The van der Waals surface area contributed by atoms with Gasteiger partial charge in [0.05, 0.1) is 22.8 Å². The fourth-order valence-electron chi connectivity index (χ4n) is 2.13. The van der Waals surface area contributed by atoms with Crippen LogP contribution in [0, 0.1) is 6.92 Å². The van der Waals surface area contributed by atoms with E-state index in [-0.39, 0.29) is 22.8 Å². The highest BCUT2D eigenvalue weighted by Crippen LogP contribution is 2.28. The highest BCUT2D eigenvalue weighted by molar-refractivity contribution is 7.91. The Kier molecular flexibility index (Phi) is 3.96. The third-order valence-electron chi connectivity index (χ3n) is 3.19. The van der Waals surface area contributed by atoms with Crippen LogP contribution in [0.3, 0.4) is 0 Å². The van der Waals surface area contributed by atoms with Crippen LogP contribution < -0.4 is 5.32 Å². The van der Waals surface area contributed by atoms with Gasteiger partial charge in [0.25, 0.3) is 5.91 Å². The Bertz CT molecular complexity index is 671. The van der Waals surface area contributed by atoms with Gasteiger partial charge in [-0.05, 0) is 25.5 Å². The second kappa shape index (κ2) is 5.28. The Morgan fingerprint density at radius 1 is 1.38 bits per heavy atom. The highest BCUT2D eigenvalue weighted by Gasteiger charge is 2.33. The zero-order chi connectivity index (χ0) is 15.8. The van der Waals surface area contributed by atoms with Crippen molar-refractivity contribution in [2.45, 2.75) is 25.6 Å². The summed E-state index contributed by atoms with van der Waals surface area (Å²) in [5.41, 5.74) is -1.12. The molecule has 0 bridgehead atoms. The summed E-state index contributed by atoms with van der Waals surface area (Å²) >= 11 is 0. The van der Waals surface area contributed by atoms with Crippen LogP contribution in [0.25, 0.3) is 0 Å². The predicted octanol–water partition coefficient (Wildman–Crippen LogP) is 1.33. The van der Waals surface area contributed by atoms with E-state index in [4.69, 9.17) is 0 Å². The Labute approximate surface area is 119 Å². The molecule has 2 heterocycles. The maximum absolute atomic E-state index is 12.5. The molecule has 1 saturated heterocycles. The summed E-state index contributed by atoms with van der Waals surface area (Å²) in [5.74, 6) is -0.760. The molecule has 1 unspecified atom stereocenters. The van der Waals surface area contributed by atoms with E-state index < -0.39 is 33.7 Å². The first-order valence-electron chi connectivity index (χ1n) is 6.14. The van der Waals surface area contributed by atoms with E-state index in [1.807, 2.05) is 0 Å². The molecule has 1 fully saturated rings. The van der Waals surface area contributed by atoms with Crippen molar-refractivity contribution in [1.82, 2.24) is 10.3 Å². The van der Waals surface area contributed by atoms with Gasteiger partial charge in [-0.3, -0.25) is 4.79 Å². The number of aromatic nitrogens is 1. The summed E-state index contributed by atoms with van der Waals surface area (Å²) in [7, 11) is -3.14. The number of nitrogens with zero attached hydrogens (tertiary/aromatic N) is 1. The molecule has 116 valence electrons. The Morgan fingerprint density at radius 3 is 2.52 bits per heavy atom. The van der Waals surface area contributed by atoms with E-state index in [1.165, 1.54) is 6.92 Å². The molecule has 21 heavy (non-hydrogen) atoms. The number of amides is 1. The summed E-state index contributed by atoms with van der Waals surface area (Å²) in [4.78, 5) is 15.3. The van der Waals surface area contributed by atoms with E-state index in [1.54, 1.807) is 0 Å². The first kappa shape index (κ1) is 15.7. The Morgan fingerprint density at radius 2 is 2.05 bits per heavy atom. The quantitative estimate of drug-likeness (QED) is 0.891. The number of halogens is 3. The molecule has 5 nitrogen and oxygen atoms in total. The van der Waals surface area contributed by atoms with Crippen molar-refractivity contribution in [2.24, 2.45) is 0 Å². The molecule has 0 spiro atoms. The third kappa shape index (κ3) is 3.72. The van der Waals surface area contributed by atoms with Crippen molar-refractivity contribution in [3.63, 3.8) is 0 Å². The molecule has 0 radical (unpaired) electrons. The van der Waals surface area contributed by atoms with Crippen molar-refractivity contribution in [3.05, 3.63) is 29.1 Å². The van der Waals surface area contributed by atoms with E-state index in [0.717, 1.165) is 12.1 Å². The lowest BCUT2D eigenvalue weighted by Gasteiger charge is -2.13. The van der Waals surface area contributed by atoms with Crippen LogP contribution in [-0.4, -0.2) is 36.9 Å². The molecular weight excluding hydrogens is 309 g/mol. The molecule has 2 rings (SSSR count). The van der Waals surface area contributed by atoms with Gasteiger partial charge >= 0.3 is 6.18 Å². The lowest BCUT2D eigenvalue weighted by atomic mass is 10.1. The van der Waals surface area contributed by atoms with Crippen LogP contribution in [0.1, 0.15) is 28.2 Å². The Balaban J connectivity index is 2.13. The molecule has 0 saturated carbocycles. The number of carbonyl (C=O) groups is 1. The summed E-state index contributed by atoms with van der Waals surface area (Å²) in [5, 5.41) is 2.51. The number of nitrogens with one attached hydrogen (secondary N) is 1. The van der Waals surface area contributed by atoms with Crippen molar-refractivity contribution in [2.75, 3.05) is 11.5 Å². The van der Waals surface area contributed by atoms with Crippen LogP contribution in [0.15, 0.2) is 12.1 Å². The minimum atomic E-state index is -4.57. The zero-order valence-corrected chi connectivity index (χ0v) is 11.9. The molecule has 1 N–H and O–H groups in total. The fourth-order valence-corrected chi connectivity index (χ4v) is 3.80. The maximum Gasteiger partial charge on any atom is 0.433 e. The number of aryl methyl sites for hydroxylation is 1. The molecule has 1 aromatic rings. The zero-order valence-electron chi connectivity index (χ0n) is 11.1. The predicted molar refractivity (Wildman–Crippen MR) is 68.5 cm³/mol. The lowest BCUT2D eigenvalue weighted by Crippen LogP contribution is -2.36. The van der Waals surface area contributed by atoms with Crippen molar-refractivity contribution in [1.29, 1.82) is 0 Å². The summed E-state index contributed by atoms with van der Waals surface area (Å²) < 4.78 is 60.0. The van der Waals surface area contributed by atoms with Crippen molar-refractivity contribution >= 4 is 15.7 Å². The number of rotatable bonds is 2. The largest absolute Gasteiger partial charge is 0.433 e. The summed E-state index contributed by atoms with van der Waals surface area (Å²) in [6.45, 7) is 1.30. The molecule has 1 aromatic heterocycles. The molecule has 0 aliphatic carbocycles. The van der Waals surface area contributed by atoms with Gasteiger partial charge in [-0.25, -0.2) is 13.4 Å². The smallest absolute Gasteiger partial charge is 0.348 e. The molecule has 9 heteroatoms. The van der Waals surface area contributed by atoms with Gasteiger partial charge in [0, 0.05) is 6.04 Å². The number of hydrogen-bond acceptors (Lipinski definition) is 4. The first-order valence-corrected chi connectivity index (χ1v) is 7.97. The summed E-state index contributed by atoms with van der Waals surface area (Å²) in [6.07, 6.45) is -4.26. The number of pyridine rings is 1. The number of alkyl halides is 3. The van der Waals surface area contributed by atoms with Crippen molar-refractivity contribution < 1.29 is 26.4 Å². The normalized spacial score (nSPS) is 21.2. The molecule has 1 aliphatic rings. The average molecular weight is 322 g/mol. The van der Waals surface area contributed by atoms with Gasteiger partial charge in [0.15, 0.2) is 9.84 Å². The van der Waals surface area contributed by atoms with Crippen LogP contribution in [0.4, 0.5) is 13.2 Å². The van der Waals surface area contributed by atoms with Gasteiger partial charge in [0.2, 0.25) is 0 Å². The summed E-state index contributed by atoms with van der Waals surface area (Å²) in [6, 6.07) is 1.27. The van der Waals surface area contributed by atoms with Gasteiger partial charge in [-0.15, -0.1) is 0 Å². The number of sulfone groups is 1. The SMILES string of the molecule is Cc1nc(C(F)(F)F)ccc1C(=O)NC1CCS(=O)(=O)C1. The topological polar surface area (TPSA) is 76.1 Å². The van der Waals surface area contributed by atoms with Crippen LogP contribution >= 0.6 is 0 Å². The minimum Gasteiger partial charge on any atom is -0.348 e. The van der Waals surface area contributed by atoms with E-state index in [2.05, 4.69) is 10.3 Å². The fraction of sp³-hybridized carbons (Fsp3) is 0.500. The van der Waals surface area contributed by atoms with E-state index in [9.17, 15) is 26.4 Å². The lowest BCUT2D eigenvalue weighted by molar-refractivity contribution is -0.141. The second-order valence-corrected chi connectivity index (χ2v) is 7.13. The van der Waals surface area contributed by atoms with E-state index in [0.29, 0.717) is 6.42 Å². The maximum atomic E-state index is 12.5. The molecule has 1 amide bonds. The van der Waals surface area contributed by atoms with Gasteiger partial charge in [-0.1, -0.05) is 0 Å². The van der Waals surface area contributed by atoms with Gasteiger partial charge in [-0.2, -0.15) is 13.2 Å². The number of hydrogen-bond donors (Lipinski definition) is 1. The molecular formula is C12H13F3N2O3S. The van der Waals surface area contributed by atoms with Gasteiger partial charge in [0.1, 0.15) is 5.69 Å². The minimum absolute atomic E-state index is 0.00217. The van der Waals surface area contributed by atoms with Crippen LogP contribution in [-0.2, 0) is 16.0 Å². The third-order valence-corrected chi connectivity index (χ3v) is 4.96. The first-order chi connectivity index (χ1) is 9.58. The van der Waals surface area contributed by atoms with E-state index >= 15 is 0 Å². The van der Waals surface area contributed by atoms with Crippen LogP contribution in [0.2, 0.25) is 0 Å². The average Bonchev–Trinajstić information content (AvgIpc) is 2.67. The van der Waals surface area contributed by atoms with Crippen molar-refractivity contribution in [3.8, 4) is 0 Å². The highest BCUT2D eigenvalue weighted by atomic mass is 32.2. The number of carbonyl (C=O) groups excluding carboxylic acids is 1. The standard InChI is InChI=1S/C12H13F3N2O3S/c1-7-9(2-3-10(16-7)12(13,14)15)11(18)17-8-4-5-21(19,20)6-8/h2-3,8H,4-6H2,1H3,(H,17,18). The molecule has 1 aliphatic heterocycles. The molecule has 0 aromatic carbocycles. The monoisotopic (exact) mass is 322 g/mol.